The van der Waals surface area contributed by atoms with Crippen molar-refractivity contribution in [3.05, 3.63) is 106 Å². The number of nitrogens with zero attached hydrogens (tertiary/aromatic N) is 2. The maximum Gasteiger partial charge on any atom is 0.271 e. The van der Waals surface area contributed by atoms with E-state index in [1.165, 1.54) is 29.3 Å². The standard InChI is InChI=1S/C28H23Cl2N3O5/c29-21-9-5-18(6-10-21)15-33(17-34)27(36)16-38-26-12-8-20(22-3-1-2-4-23(22)26)14-31-32-28(37)19-7-11-25(35)24(30)13-19/h1-14,34-35H,15-17H2,(H,32,37). The highest BCUT2D eigenvalue weighted by Gasteiger charge is 2.15. The van der Waals surface area contributed by atoms with Crippen LogP contribution in [0.2, 0.25) is 10.0 Å². The van der Waals surface area contributed by atoms with Gasteiger partial charge in [-0.25, -0.2) is 5.43 Å². The molecule has 8 nitrogen and oxygen atoms in total. The Kier molecular flexibility index (Phi) is 8.81. The smallest absolute Gasteiger partial charge is 0.271 e. The maximum absolute atomic E-state index is 12.7. The van der Waals surface area contributed by atoms with E-state index in [2.05, 4.69) is 10.5 Å². The number of phenolic OH excluding ortho intramolecular Hbond substituents is 1. The third-order valence-electron chi connectivity index (χ3n) is 5.66. The molecule has 0 saturated carbocycles. The number of fused-ring (bicyclic) bond motifs is 1. The van der Waals surface area contributed by atoms with Crippen LogP contribution in [0.4, 0.5) is 0 Å². The molecule has 0 bridgehead atoms. The van der Waals surface area contributed by atoms with Crippen LogP contribution in [0.3, 0.4) is 0 Å². The summed E-state index contributed by atoms with van der Waals surface area (Å²) in [5.74, 6) is -0.502. The number of hydrogen-bond acceptors (Lipinski definition) is 6. The molecule has 0 aliphatic heterocycles. The van der Waals surface area contributed by atoms with E-state index in [0.717, 1.165) is 16.3 Å². The summed E-state index contributed by atoms with van der Waals surface area (Å²) in [5.41, 5.74) is 4.22. The fourth-order valence-electron chi connectivity index (χ4n) is 3.66. The molecule has 4 aromatic carbocycles. The number of benzene rings is 4. The van der Waals surface area contributed by atoms with Crippen molar-refractivity contribution in [1.29, 1.82) is 0 Å². The van der Waals surface area contributed by atoms with Gasteiger partial charge in [-0.15, -0.1) is 0 Å². The number of aliphatic hydroxyl groups excluding tert-OH is 1. The second-order valence-corrected chi connectivity index (χ2v) is 9.06. The van der Waals surface area contributed by atoms with E-state index in [0.29, 0.717) is 16.3 Å². The van der Waals surface area contributed by atoms with Crippen LogP contribution in [0.1, 0.15) is 21.5 Å². The van der Waals surface area contributed by atoms with Crippen molar-refractivity contribution >= 4 is 52.0 Å². The molecule has 0 unspecified atom stereocenters. The Morgan fingerprint density at radius 1 is 0.974 bits per heavy atom. The van der Waals surface area contributed by atoms with Crippen LogP contribution >= 0.6 is 23.2 Å². The predicted octanol–water partition coefficient (Wildman–Crippen LogP) is 4.97. The van der Waals surface area contributed by atoms with Crippen LogP contribution in [0.25, 0.3) is 10.8 Å². The Morgan fingerprint density at radius 3 is 2.42 bits per heavy atom. The summed E-state index contributed by atoms with van der Waals surface area (Å²) >= 11 is 11.8. The van der Waals surface area contributed by atoms with Gasteiger partial charge >= 0.3 is 0 Å². The van der Waals surface area contributed by atoms with Crippen LogP contribution in [-0.4, -0.2) is 46.5 Å². The van der Waals surface area contributed by atoms with Gasteiger partial charge in [0.25, 0.3) is 11.8 Å². The van der Waals surface area contributed by atoms with E-state index >= 15 is 0 Å². The van der Waals surface area contributed by atoms with Gasteiger partial charge in [0.2, 0.25) is 0 Å². The van der Waals surface area contributed by atoms with Gasteiger partial charge in [-0.1, -0.05) is 59.6 Å². The van der Waals surface area contributed by atoms with Gasteiger partial charge in [-0.3, -0.25) is 9.59 Å². The Hall–Kier alpha value is -4.11. The Bertz CT molecular complexity index is 1490. The number of halogens is 2. The zero-order valence-corrected chi connectivity index (χ0v) is 21.5. The minimum Gasteiger partial charge on any atom is -0.506 e. The number of rotatable bonds is 9. The van der Waals surface area contributed by atoms with Crippen LogP contribution in [0.15, 0.2) is 84.0 Å². The lowest BCUT2D eigenvalue weighted by atomic mass is 10.0. The normalized spacial score (nSPS) is 11.0. The summed E-state index contributed by atoms with van der Waals surface area (Å²) < 4.78 is 5.83. The van der Waals surface area contributed by atoms with Crippen molar-refractivity contribution in [2.75, 3.05) is 13.3 Å². The largest absolute Gasteiger partial charge is 0.506 e. The summed E-state index contributed by atoms with van der Waals surface area (Å²) in [6.07, 6.45) is 1.50. The van der Waals surface area contributed by atoms with Crippen LogP contribution in [-0.2, 0) is 11.3 Å². The first kappa shape index (κ1) is 26.9. The average Bonchev–Trinajstić information content (AvgIpc) is 2.93. The molecular formula is C28H23Cl2N3O5. The molecule has 38 heavy (non-hydrogen) atoms. The first-order valence-corrected chi connectivity index (χ1v) is 12.2. The fourth-order valence-corrected chi connectivity index (χ4v) is 3.97. The highest BCUT2D eigenvalue weighted by molar-refractivity contribution is 6.32. The fraction of sp³-hybridized carbons (Fsp3) is 0.107. The van der Waals surface area contributed by atoms with E-state index in [1.54, 1.807) is 36.4 Å². The average molecular weight is 552 g/mol. The highest BCUT2D eigenvalue weighted by Crippen LogP contribution is 2.28. The molecular weight excluding hydrogens is 529 g/mol. The Balaban J connectivity index is 1.44. The zero-order valence-electron chi connectivity index (χ0n) is 20.0. The molecule has 2 amide bonds. The number of phenols is 1. The summed E-state index contributed by atoms with van der Waals surface area (Å²) in [4.78, 5) is 26.3. The third kappa shape index (κ3) is 6.60. The van der Waals surface area contributed by atoms with Crippen LogP contribution in [0.5, 0.6) is 11.5 Å². The van der Waals surface area contributed by atoms with Crippen molar-refractivity contribution in [2.45, 2.75) is 6.54 Å². The molecule has 0 aliphatic carbocycles. The van der Waals surface area contributed by atoms with Gasteiger partial charge in [-0.05, 0) is 53.4 Å². The molecule has 0 aromatic heterocycles. The van der Waals surface area contributed by atoms with Gasteiger partial charge in [0, 0.05) is 28.1 Å². The van der Waals surface area contributed by atoms with Gasteiger partial charge in [0.15, 0.2) is 6.61 Å². The Morgan fingerprint density at radius 2 is 1.71 bits per heavy atom. The number of nitrogens with one attached hydrogen (secondary N) is 1. The van der Waals surface area contributed by atoms with Gasteiger partial charge in [-0.2, -0.15) is 5.10 Å². The number of carbonyl (C=O) groups excluding carboxylic acids is 2. The lowest BCUT2D eigenvalue weighted by Crippen LogP contribution is -2.35. The SMILES string of the molecule is O=C(NN=Cc1ccc(OCC(=O)N(CO)Cc2ccc(Cl)cc2)c2ccccc12)c1ccc(O)c(Cl)c1. The van der Waals surface area contributed by atoms with E-state index < -0.39 is 12.6 Å². The Labute approximate surface area is 228 Å². The summed E-state index contributed by atoms with van der Waals surface area (Å²) in [6, 6.07) is 22.0. The molecule has 0 fully saturated rings. The van der Waals surface area contributed by atoms with E-state index in [9.17, 15) is 19.8 Å². The molecule has 0 spiro atoms. The minimum atomic E-state index is -0.488. The predicted molar refractivity (Wildman–Crippen MR) is 147 cm³/mol. The van der Waals surface area contributed by atoms with Crippen molar-refractivity contribution in [3.8, 4) is 11.5 Å². The summed E-state index contributed by atoms with van der Waals surface area (Å²) in [7, 11) is 0. The molecule has 0 radical (unpaired) electrons. The summed E-state index contributed by atoms with van der Waals surface area (Å²) in [6.45, 7) is -0.506. The molecule has 0 aliphatic rings. The summed E-state index contributed by atoms with van der Waals surface area (Å²) in [5, 5.41) is 25.4. The van der Waals surface area contributed by atoms with Crippen molar-refractivity contribution < 1.29 is 24.5 Å². The number of aromatic hydroxyl groups is 1. The monoisotopic (exact) mass is 551 g/mol. The number of carbonyl (C=O) groups is 2. The molecule has 0 atom stereocenters. The molecule has 10 heteroatoms. The van der Waals surface area contributed by atoms with Crippen molar-refractivity contribution in [1.82, 2.24) is 10.3 Å². The second-order valence-electron chi connectivity index (χ2n) is 8.21. The maximum atomic E-state index is 12.7. The molecule has 4 aromatic rings. The van der Waals surface area contributed by atoms with Gasteiger partial charge in [0.1, 0.15) is 18.2 Å². The first-order chi connectivity index (χ1) is 18.4. The van der Waals surface area contributed by atoms with Gasteiger partial charge < -0.3 is 19.8 Å². The van der Waals surface area contributed by atoms with Gasteiger partial charge in [0.05, 0.1) is 11.2 Å². The number of aliphatic hydroxyl groups is 1. The van der Waals surface area contributed by atoms with Crippen molar-refractivity contribution in [3.63, 3.8) is 0 Å². The number of hydrogen-bond donors (Lipinski definition) is 3. The molecule has 0 saturated heterocycles. The number of amides is 2. The van der Waals surface area contributed by atoms with E-state index in [-0.39, 0.29) is 35.4 Å². The molecule has 3 N–H and O–H groups in total. The van der Waals surface area contributed by atoms with Crippen LogP contribution < -0.4 is 10.2 Å². The highest BCUT2D eigenvalue weighted by atomic mass is 35.5. The quantitative estimate of drug-likeness (QED) is 0.154. The van der Waals surface area contributed by atoms with E-state index in [4.69, 9.17) is 27.9 Å². The van der Waals surface area contributed by atoms with E-state index in [1.807, 2.05) is 24.3 Å². The lowest BCUT2D eigenvalue weighted by Gasteiger charge is -2.20. The molecule has 0 heterocycles. The second kappa shape index (κ2) is 12.4. The molecule has 4 rings (SSSR count). The zero-order chi connectivity index (χ0) is 27.1. The number of ether oxygens (including phenoxy) is 1. The minimum absolute atomic E-state index is 0.0637. The van der Waals surface area contributed by atoms with Crippen LogP contribution in [0, 0.1) is 0 Å². The third-order valence-corrected chi connectivity index (χ3v) is 6.21. The molecule has 194 valence electrons. The number of hydrazone groups is 1. The first-order valence-electron chi connectivity index (χ1n) is 11.4. The lowest BCUT2D eigenvalue weighted by molar-refractivity contribution is -0.137. The van der Waals surface area contributed by atoms with Crippen molar-refractivity contribution in [2.24, 2.45) is 5.10 Å². The topological polar surface area (TPSA) is 111 Å².